The zero-order valence-corrected chi connectivity index (χ0v) is 14.5. The summed E-state index contributed by atoms with van der Waals surface area (Å²) in [6.07, 6.45) is -0.548. The zero-order valence-electron chi connectivity index (χ0n) is 14.5. The first-order chi connectivity index (χ1) is 11.0. The van der Waals surface area contributed by atoms with Gasteiger partial charge in [0, 0.05) is 12.6 Å². The second-order valence-corrected chi connectivity index (χ2v) is 6.27. The highest BCUT2D eigenvalue weighted by Gasteiger charge is 2.17. The number of rotatable bonds is 8. The van der Waals surface area contributed by atoms with E-state index < -0.39 is 6.10 Å². The quantitative estimate of drug-likeness (QED) is 0.809. The highest BCUT2D eigenvalue weighted by Crippen LogP contribution is 2.17. The Morgan fingerprint density at radius 1 is 1.13 bits per heavy atom. The van der Waals surface area contributed by atoms with Crippen molar-refractivity contribution in [1.29, 1.82) is 0 Å². The van der Waals surface area contributed by atoms with E-state index in [1.165, 1.54) is 0 Å². The predicted molar refractivity (Wildman–Crippen MR) is 91.7 cm³/mol. The first kappa shape index (κ1) is 17.6. The van der Waals surface area contributed by atoms with Gasteiger partial charge >= 0.3 is 0 Å². The van der Waals surface area contributed by atoms with Crippen LogP contribution in [0.15, 0.2) is 40.8 Å². The number of hydrogen-bond acceptors (Lipinski definition) is 4. The molecule has 0 saturated carbocycles. The van der Waals surface area contributed by atoms with Crippen molar-refractivity contribution in [2.75, 3.05) is 13.2 Å². The third kappa shape index (κ3) is 5.41. The summed E-state index contributed by atoms with van der Waals surface area (Å²) in [5, 5.41) is 10.3. The van der Waals surface area contributed by atoms with Gasteiger partial charge in [-0.1, -0.05) is 18.2 Å². The molecule has 1 N–H and O–H groups in total. The molecule has 1 aromatic heterocycles. The molecule has 0 aliphatic carbocycles. The molecule has 0 bridgehead atoms. The van der Waals surface area contributed by atoms with Crippen molar-refractivity contribution in [3.8, 4) is 5.75 Å². The van der Waals surface area contributed by atoms with Crippen LogP contribution < -0.4 is 4.74 Å². The highest BCUT2D eigenvalue weighted by atomic mass is 16.5. The molecule has 0 amide bonds. The summed E-state index contributed by atoms with van der Waals surface area (Å²) in [5.74, 6) is 2.65. The van der Waals surface area contributed by atoms with Crippen molar-refractivity contribution in [3.63, 3.8) is 0 Å². The van der Waals surface area contributed by atoms with Crippen molar-refractivity contribution >= 4 is 0 Å². The van der Waals surface area contributed by atoms with Crippen LogP contribution in [0, 0.1) is 13.8 Å². The van der Waals surface area contributed by atoms with E-state index in [1.807, 2.05) is 50.2 Å². The van der Waals surface area contributed by atoms with E-state index in [0.29, 0.717) is 19.1 Å². The van der Waals surface area contributed by atoms with E-state index in [0.717, 1.165) is 22.8 Å². The van der Waals surface area contributed by atoms with Gasteiger partial charge in [0.1, 0.15) is 30.0 Å². The molecule has 126 valence electrons. The molecular weight excluding hydrogens is 290 g/mol. The van der Waals surface area contributed by atoms with Gasteiger partial charge in [-0.3, -0.25) is 4.90 Å². The molecule has 1 atom stereocenters. The summed E-state index contributed by atoms with van der Waals surface area (Å²) in [6.45, 7) is 9.69. The number of furan rings is 1. The molecule has 0 aliphatic heterocycles. The monoisotopic (exact) mass is 317 g/mol. The number of aliphatic hydroxyl groups excluding tert-OH is 1. The van der Waals surface area contributed by atoms with E-state index in [1.54, 1.807) is 0 Å². The van der Waals surface area contributed by atoms with Crippen LogP contribution >= 0.6 is 0 Å². The summed E-state index contributed by atoms with van der Waals surface area (Å²) in [6, 6.07) is 12.1. The molecule has 0 radical (unpaired) electrons. The number of hydrogen-bond donors (Lipinski definition) is 1. The van der Waals surface area contributed by atoms with E-state index in [9.17, 15) is 5.11 Å². The normalized spacial score (nSPS) is 12.8. The average Bonchev–Trinajstić information content (AvgIpc) is 2.91. The molecule has 1 heterocycles. The van der Waals surface area contributed by atoms with Gasteiger partial charge in [-0.05, 0) is 51.5 Å². The maximum atomic E-state index is 10.3. The Hall–Kier alpha value is -1.78. The van der Waals surface area contributed by atoms with Crippen LogP contribution in [0.2, 0.25) is 0 Å². The lowest BCUT2D eigenvalue weighted by atomic mass is 10.2. The second-order valence-electron chi connectivity index (χ2n) is 6.27. The lowest BCUT2D eigenvalue weighted by Crippen LogP contribution is -2.39. The second kappa shape index (κ2) is 8.18. The first-order valence-electron chi connectivity index (χ1n) is 8.11. The fourth-order valence-electron chi connectivity index (χ4n) is 2.46. The summed E-state index contributed by atoms with van der Waals surface area (Å²) in [5.41, 5.74) is 1.08. The summed E-state index contributed by atoms with van der Waals surface area (Å²) in [7, 11) is 0. The molecule has 0 fully saturated rings. The van der Waals surface area contributed by atoms with Gasteiger partial charge in [0.15, 0.2) is 0 Å². The molecular formula is C19H27NO3. The van der Waals surface area contributed by atoms with Gasteiger partial charge in [-0.2, -0.15) is 0 Å². The van der Waals surface area contributed by atoms with Gasteiger partial charge in [-0.15, -0.1) is 0 Å². The molecule has 0 unspecified atom stereocenters. The SMILES string of the molecule is Cc1ccc(CN(C[C@H](O)COc2ccccc2C)C(C)C)o1. The molecule has 1 aromatic carbocycles. The van der Waals surface area contributed by atoms with E-state index in [-0.39, 0.29) is 6.61 Å². The average molecular weight is 317 g/mol. The molecule has 4 nitrogen and oxygen atoms in total. The van der Waals surface area contributed by atoms with Crippen LogP contribution in [0.1, 0.15) is 30.9 Å². The van der Waals surface area contributed by atoms with Crippen LogP contribution in [0.25, 0.3) is 0 Å². The Balaban J connectivity index is 1.87. The fraction of sp³-hybridized carbons (Fsp3) is 0.474. The standard InChI is InChI=1S/C19H27NO3/c1-14(2)20(12-18-10-9-16(4)23-18)11-17(21)13-22-19-8-6-5-7-15(19)3/h5-10,14,17,21H,11-13H2,1-4H3/t17-/m0/s1. The van der Waals surface area contributed by atoms with Crippen LogP contribution in [-0.4, -0.2) is 35.3 Å². The largest absolute Gasteiger partial charge is 0.491 e. The lowest BCUT2D eigenvalue weighted by Gasteiger charge is -2.28. The third-order valence-corrected chi connectivity index (χ3v) is 3.86. The van der Waals surface area contributed by atoms with Gasteiger partial charge in [-0.25, -0.2) is 0 Å². The van der Waals surface area contributed by atoms with Gasteiger partial charge in [0.2, 0.25) is 0 Å². The Morgan fingerprint density at radius 3 is 2.48 bits per heavy atom. The summed E-state index contributed by atoms with van der Waals surface area (Å²) in [4.78, 5) is 2.18. The van der Waals surface area contributed by atoms with Crippen LogP contribution in [-0.2, 0) is 6.54 Å². The van der Waals surface area contributed by atoms with Gasteiger partial charge < -0.3 is 14.3 Å². The Labute approximate surface area is 138 Å². The number of para-hydroxylation sites is 1. The summed E-state index contributed by atoms with van der Waals surface area (Å²) < 4.78 is 11.4. The Kier molecular flexibility index (Phi) is 6.25. The van der Waals surface area contributed by atoms with Crippen LogP contribution in [0.5, 0.6) is 5.75 Å². The van der Waals surface area contributed by atoms with Crippen molar-refractivity contribution in [3.05, 3.63) is 53.5 Å². The van der Waals surface area contributed by atoms with Crippen LogP contribution in [0.3, 0.4) is 0 Å². The molecule has 23 heavy (non-hydrogen) atoms. The zero-order chi connectivity index (χ0) is 16.8. The maximum Gasteiger partial charge on any atom is 0.122 e. The third-order valence-electron chi connectivity index (χ3n) is 3.86. The number of aliphatic hydroxyl groups is 1. The van der Waals surface area contributed by atoms with Crippen molar-refractivity contribution in [2.45, 2.75) is 46.4 Å². The number of nitrogens with zero attached hydrogens (tertiary/aromatic N) is 1. The molecule has 0 saturated heterocycles. The molecule has 4 heteroatoms. The van der Waals surface area contributed by atoms with Crippen LogP contribution in [0.4, 0.5) is 0 Å². The number of aryl methyl sites for hydroxylation is 2. The molecule has 0 spiro atoms. The topological polar surface area (TPSA) is 45.8 Å². The fourth-order valence-corrected chi connectivity index (χ4v) is 2.46. The smallest absolute Gasteiger partial charge is 0.122 e. The van der Waals surface area contributed by atoms with E-state index in [2.05, 4.69) is 18.7 Å². The molecule has 0 aliphatic rings. The Morgan fingerprint density at radius 2 is 1.87 bits per heavy atom. The Bertz CT molecular complexity index is 606. The lowest BCUT2D eigenvalue weighted by molar-refractivity contribution is 0.0513. The van der Waals surface area contributed by atoms with E-state index >= 15 is 0 Å². The van der Waals surface area contributed by atoms with Crippen molar-refractivity contribution < 1.29 is 14.3 Å². The molecule has 2 aromatic rings. The minimum Gasteiger partial charge on any atom is -0.491 e. The van der Waals surface area contributed by atoms with Gasteiger partial charge in [0.05, 0.1) is 6.54 Å². The first-order valence-corrected chi connectivity index (χ1v) is 8.11. The number of benzene rings is 1. The highest BCUT2D eigenvalue weighted by molar-refractivity contribution is 5.31. The van der Waals surface area contributed by atoms with Gasteiger partial charge in [0.25, 0.3) is 0 Å². The predicted octanol–water partition coefficient (Wildman–Crippen LogP) is 3.55. The number of ether oxygens (including phenoxy) is 1. The van der Waals surface area contributed by atoms with E-state index in [4.69, 9.17) is 9.15 Å². The minimum absolute atomic E-state index is 0.283. The minimum atomic E-state index is -0.548. The summed E-state index contributed by atoms with van der Waals surface area (Å²) >= 11 is 0. The van der Waals surface area contributed by atoms with Crippen molar-refractivity contribution in [2.24, 2.45) is 0 Å². The maximum absolute atomic E-state index is 10.3. The van der Waals surface area contributed by atoms with Crippen molar-refractivity contribution in [1.82, 2.24) is 4.90 Å². The molecule has 2 rings (SSSR count).